The molecule has 0 spiro atoms. The van der Waals surface area contributed by atoms with Crippen molar-refractivity contribution in [1.82, 2.24) is 4.98 Å². The van der Waals surface area contributed by atoms with Crippen molar-refractivity contribution in [3.05, 3.63) is 100 Å². The fourth-order valence-corrected chi connectivity index (χ4v) is 4.97. The van der Waals surface area contributed by atoms with Gasteiger partial charge in [0.05, 0.1) is 21.8 Å². The van der Waals surface area contributed by atoms with Crippen LogP contribution in [0.3, 0.4) is 0 Å². The number of rotatable bonds is 3. The van der Waals surface area contributed by atoms with E-state index in [1.54, 1.807) is 12.1 Å². The molecule has 1 aliphatic rings. The Balaban J connectivity index is 1.73. The van der Waals surface area contributed by atoms with Gasteiger partial charge in [-0.25, -0.2) is 9.37 Å². The van der Waals surface area contributed by atoms with Gasteiger partial charge in [-0.15, -0.1) is 0 Å². The zero-order chi connectivity index (χ0) is 23.3. The van der Waals surface area contributed by atoms with E-state index in [4.69, 9.17) is 0 Å². The van der Waals surface area contributed by atoms with E-state index in [1.807, 2.05) is 50.2 Å². The molecular weight excluding hydrogens is 439 g/mol. The number of carbonyl (C=O) groups excluding carboxylic acids is 2. The lowest BCUT2D eigenvalue weighted by Gasteiger charge is -2.23. The zero-order valence-corrected chi connectivity index (χ0v) is 18.7. The summed E-state index contributed by atoms with van der Waals surface area (Å²) in [4.78, 5) is 32.2. The highest BCUT2D eigenvalue weighted by atomic mass is 32.1. The van der Waals surface area contributed by atoms with E-state index < -0.39 is 23.5 Å². The lowest BCUT2D eigenvalue weighted by atomic mass is 9.94. The Bertz CT molecular complexity index is 1440. The maximum Gasteiger partial charge on any atom is 0.301 e. The SMILES string of the molecule is Cc1ccc(C(O)=C2C(=O)C(=O)N(c3nc4ccc(F)cc4s3)[C@H]2c2ccc(C)cc2)cc1. The lowest BCUT2D eigenvalue weighted by molar-refractivity contribution is -0.132. The third kappa shape index (κ3) is 3.60. The average molecular weight is 459 g/mol. The first kappa shape index (κ1) is 21.0. The van der Waals surface area contributed by atoms with Crippen molar-refractivity contribution in [2.24, 2.45) is 0 Å². The summed E-state index contributed by atoms with van der Waals surface area (Å²) in [5.74, 6) is -2.22. The predicted molar refractivity (Wildman–Crippen MR) is 127 cm³/mol. The third-order valence-electron chi connectivity index (χ3n) is 5.71. The number of anilines is 1. The molecule has 5 rings (SSSR count). The number of aryl methyl sites for hydroxylation is 2. The van der Waals surface area contributed by atoms with E-state index >= 15 is 0 Å². The van der Waals surface area contributed by atoms with Gasteiger partial charge in [0.2, 0.25) is 0 Å². The molecule has 0 bridgehead atoms. The standard InChI is InChI=1S/C26H19FN2O3S/c1-14-3-7-16(8-4-14)22-21(23(30)17-9-5-15(2)6-10-17)24(31)25(32)29(22)26-28-19-12-11-18(27)13-20(19)33-26/h3-13,22,30H,1-2H3/t22-/m0/s1. The second-order valence-electron chi connectivity index (χ2n) is 8.05. The van der Waals surface area contributed by atoms with Crippen LogP contribution in [0.5, 0.6) is 0 Å². The largest absolute Gasteiger partial charge is 0.507 e. The molecule has 1 aromatic heterocycles. The number of aromatic nitrogens is 1. The number of aliphatic hydroxyl groups is 1. The molecule has 3 aromatic carbocycles. The number of aliphatic hydroxyl groups excluding tert-OH is 1. The number of benzene rings is 3. The summed E-state index contributed by atoms with van der Waals surface area (Å²) in [6, 6.07) is 17.8. The molecule has 1 amide bonds. The quantitative estimate of drug-likeness (QED) is 0.244. The monoisotopic (exact) mass is 458 g/mol. The molecule has 5 nitrogen and oxygen atoms in total. The Morgan fingerprint density at radius 3 is 2.27 bits per heavy atom. The highest BCUT2D eigenvalue weighted by molar-refractivity contribution is 7.22. The molecule has 0 unspecified atom stereocenters. The first-order valence-corrected chi connectivity index (χ1v) is 11.2. The molecule has 1 fully saturated rings. The number of carbonyl (C=O) groups is 2. The molecule has 4 aromatic rings. The van der Waals surface area contributed by atoms with Gasteiger partial charge < -0.3 is 5.11 Å². The Morgan fingerprint density at radius 1 is 0.970 bits per heavy atom. The van der Waals surface area contributed by atoms with Crippen LogP contribution in [0.4, 0.5) is 9.52 Å². The smallest absolute Gasteiger partial charge is 0.301 e. The average Bonchev–Trinajstić information content (AvgIpc) is 3.32. The van der Waals surface area contributed by atoms with Crippen LogP contribution in [0.15, 0.2) is 72.3 Å². The number of amides is 1. The fraction of sp³-hybridized carbons (Fsp3) is 0.115. The minimum Gasteiger partial charge on any atom is -0.507 e. The molecular formula is C26H19FN2O3S. The first-order valence-electron chi connectivity index (χ1n) is 10.3. The molecule has 1 aliphatic heterocycles. The van der Waals surface area contributed by atoms with Crippen LogP contribution >= 0.6 is 11.3 Å². The molecule has 33 heavy (non-hydrogen) atoms. The predicted octanol–water partition coefficient (Wildman–Crippen LogP) is 5.68. The molecule has 0 radical (unpaired) electrons. The van der Waals surface area contributed by atoms with E-state index in [9.17, 15) is 19.1 Å². The van der Waals surface area contributed by atoms with E-state index in [-0.39, 0.29) is 16.5 Å². The number of halogens is 1. The summed E-state index contributed by atoms with van der Waals surface area (Å²) >= 11 is 1.13. The van der Waals surface area contributed by atoms with Gasteiger partial charge >= 0.3 is 5.91 Å². The topological polar surface area (TPSA) is 70.5 Å². The second-order valence-corrected chi connectivity index (χ2v) is 9.06. The van der Waals surface area contributed by atoms with Gasteiger partial charge in [0.25, 0.3) is 5.78 Å². The van der Waals surface area contributed by atoms with Crippen LogP contribution in [-0.4, -0.2) is 21.8 Å². The summed E-state index contributed by atoms with van der Waals surface area (Å²) in [5, 5.41) is 11.4. The van der Waals surface area contributed by atoms with E-state index in [0.717, 1.165) is 22.5 Å². The van der Waals surface area contributed by atoms with Crippen molar-refractivity contribution in [3.63, 3.8) is 0 Å². The molecule has 0 aliphatic carbocycles. The molecule has 1 N–H and O–H groups in total. The molecule has 164 valence electrons. The Hall–Kier alpha value is -3.84. The van der Waals surface area contributed by atoms with Crippen LogP contribution in [0.25, 0.3) is 16.0 Å². The number of Topliss-reactive ketones (excluding diaryl/α,β-unsaturated/α-hetero) is 1. The lowest BCUT2D eigenvalue weighted by Crippen LogP contribution is -2.29. The summed E-state index contributed by atoms with van der Waals surface area (Å²) in [7, 11) is 0. The minimum absolute atomic E-state index is 0.00172. The molecule has 0 saturated carbocycles. The molecule has 1 saturated heterocycles. The van der Waals surface area contributed by atoms with Gasteiger partial charge in [-0.1, -0.05) is 71.0 Å². The molecule has 2 heterocycles. The summed E-state index contributed by atoms with van der Waals surface area (Å²) < 4.78 is 14.3. The maximum absolute atomic E-state index is 13.7. The van der Waals surface area contributed by atoms with Crippen LogP contribution in [0.1, 0.15) is 28.3 Å². The van der Waals surface area contributed by atoms with Crippen molar-refractivity contribution in [2.45, 2.75) is 19.9 Å². The summed E-state index contributed by atoms with van der Waals surface area (Å²) in [6.07, 6.45) is 0. The maximum atomic E-state index is 13.7. The zero-order valence-electron chi connectivity index (χ0n) is 17.9. The minimum atomic E-state index is -0.864. The molecule has 7 heteroatoms. The van der Waals surface area contributed by atoms with Crippen molar-refractivity contribution in [1.29, 1.82) is 0 Å². The van der Waals surface area contributed by atoms with Gasteiger partial charge in [0, 0.05) is 5.56 Å². The van der Waals surface area contributed by atoms with E-state index in [0.29, 0.717) is 21.3 Å². The van der Waals surface area contributed by atoms with E-state index in [1.165, 1.54) is 23.1 Å². The van der Waals surface area contributed by atoms with Gasteiger partial charge in [-0.05, 0) is 37.6 Å². The number of hydrogen-bond acceptors (Lipinski definition) is 5. The van der Waals surface area contributed by atoms with Crippen molar-refractivity contribution in [3.8, 4) is 0 Å². The van der Waals surface area contributed by atoms with Gasteiger partial charge in [-0.3, -0.25) is 14.5 Å². The van der Waals surface area contributed by atoms with Crippen molar-refractivity contribution >= 4 is 44.1 Å². The number of thiazole rings is 1. The number of hydrogen-bond donors (Lipinski definition) is 1. The first-order chi connectivity index (χ1) is 15.8. The van der Waals surface area contributed by atoms with Crippen LogP contribution in [0, 0.1) is 19.7 Å². The van der Waals surface area contributed by atoms with Gasteiger partial charge in [0.1, 0.15) is 11.6 Å². The van der Waals surface area contributed by atoms with Crippen LogP contribution < -0.4 is 4.90 Å². The molecule has 1 atom stereocenters. The number of fused-ring (bicyclic) bond motifs is 1. The highest BCUT2D eigenvalue weighted by Crippen LogP contribution is 2.44. The normalized spacial score (nSPS) is 17.8. The van der Waals surface area contributed by atoms with Gasteiger partial charge in [-0.2, -0.15) is 0 Å². The van der Waals surface area contributed by atoms with Gasteiger partial charge in [0.15, 0.2) is 5.13 Å². The number of ketones is 1. The Morgan fingerprint density at radius 2 is 1.61 bits per heavy atom. The van der Waals surface area contributed by atoms with Crippen LogP contribution in [0.2, 0.25) is 0 Å². The third-order valence-corrected chi connectivity index (χ3v) is 6.73. The van der Waals surface area contributed by atoms with Crippen molar-refractivity contribution in [2.75, 3.05) is 4.90 Å². The summed E-state index contributed by atoms with van der Waals surface area (Å²) in [5.41, 5.74) is 3.66. The van der Waals surface area contributed by atoms with Crippen molar-refractivity contribution < 1.29 is 19.1 Å². The Kier molecular flexibility index (Phi) is 5.06. The Labute approximate surface area is 193 Å². The number of nitrogens with zero attached hydrogens (tertiary/aromatic N) is 2. The van der Waals surface area contributed by atoms with Crippen LogP contribution in [-0.2, 0) is 9.59 Å². The second kappa shape index (κ2) is 7.94. The van der Waals surface area contributed by atoms with E-state index in [2.05, 4.69) is 4.98 Å². The highest BCUT2D eigenvalue weighted by Gasteiger charge is 2.48. The fourth-order valence-electron chi connectivity index (χ4n) is 3.95. The summed E-state index contributed by atoms with van der Waals surface area (Å²) in [6.45, 7) is 3.86.